The minimum absolute atomic E-state index is 0.0915. The van der Waals surface area contributed by atoms with Gasteiger partial charge in [0.1, 0.15) is 5.60 Å². The molecule has 0 spiro atoms. The highest BCUT2D eigenvalue weighted by molar-refractivity contribution is 7.90. The predicted molar refractivity (Wildman–Crippen MR) is 119 cm³/mol. The molecule has 1 aliphatic rings. The summed E-state index contributed by atoms with van der Waals surface area (Å²) in [7, 11) is -3.30. The van der Waals surface area contributed by atoms with Gasteiger partial charge in [0.05, 0.1) is 10.5 Å². The van der Waals surface area contributed by atoms with Gasteiger partial charge in [-0.2, -0.15) is 0 Å². The highest BCUT2D eigenvalue weighted by Crippen LogP contribution is 2.43. The normalized spacial score (nSPS) is 16.1. The van der Waals surface area contributed by atoms with Crippen molar-refractivity contribution in [3.8, 4) is 11.8 Å². The number of benzene rings is 2. The van der Waals surface area contributed by atoms with E-state index in [1.807, 2.05) is 38.1 Å². The molecule has 156 valence electrons. The quantitative estimate of drug-likeness (QED) is 0.530. The first-order valence-electron chi connectivity index (χ1n) is 9.70. The van der Waals surface area contributed by atoms with Crippen LogP contribution >= 0.6 is 0 Å². The Bertz CT molecular complexity index is 1180. The number of ether oxygens (including phenoxy) is 1. The van der Waals surface area contributed by atoms with Gasteiger partial charge in [-0.3, -0.25) is 0 Å². The molecule has 5 heteroatoms. The van der Waals surface area contributed by atoms with E-state index in [1.54, 1.807) is 24.3 Å². The van der Waals surface area contributed by atoms with Gasteiger partial charge in [0.2, 0.25) is 0 Å². The van der Waals surface area contributed by atoms with Crippen molar-refractivity contribution in [1.29, 1.82) is 0 Å². The molecule has 0 amide bonds. The molecule has 0 saturated heterocycles. The van der Waals surface area contributed by atoms with Gasteiger partial charge in [-0.05, 0) is 70.0 Å². The zero-order valence-electron chi connectivity index (χ0n) is 18.2. The maximum atomic E-state index is 12.7. The van der Waals surface area contributed by atoms with E-state index >= 15 is 0 Å². The number of rotatable bonds is 3. The molecular weight excluding hydrogens is 396 g/mol. The molecular formula is C25H26O4S. The van der Waals surface area contributed by atoms with E-state index in [0.29, 0.717) is 5.57 Å². The molecule has 2 aromatic carbocycles. The van der Waals surface area contributed by atoms with E-state index in [4.69, 9.17) is 4.74 Å². The third-order valence-corrected chi connectivity index (χ3v) is 5.86. The van der Waals surface area contributed by atoms with Crippen molar-refractivity contribution >= 4 is 27.0 Å². The smallest absolute Gasteiger partial charge is 0.340 e. The van der Waals surface area contributed by atoms with Crippen molar-refractivity contribution < 1.29 is 17.9 Å². The molecule has 0 saturated carbocycles. The summed E-state index contributed by atoms with van der Waals surface area (Å²) in [6.07, 6.45) is 1.17. The van der Waals surface area contributed by atoms with E-state index in [9.17, 15) is 13.2 Å². The first kappa shape index (κ1) is 21.9. The van der Waals surface area contributed by atoms with Crippen LogP contribution in [0.5, 0.6) is 0 Å². The van der Waals surface area contributed by atoms with Crippen molar-refractivity contribution in [2.45, 2.75) is 45.1 Å². The minimum atomic E-state index is -3.30. The fraction of sp³-hybridized carbons (Fsp3) is 0.320. The Labute approximate surface area is 178 Å². The van der Waals surface area contributed by atoms with Crippen molar-refractivity contribution in [2.75, 3.05) is 6.26 Å². The first-order chi connectivity index (χ1) is 13.8. The number of hydrogen-bond acceptors (Lipinski definition) is 4. The van der Waals surface area contributed by atoms with Gasteiger partial charge in [-0.15, -0.1) is 0 Å². The number of carbonyl (C=O) groups excluding carboxylic acids is 1. The van der Waals surface area contributed by atoms with Crippen LogP contribution in [0.3, 0.4) is 0 Å². The average Bonchev–Trinajstić information content (AvgIpc) is 2.87. The summed E-state index contributed by atoms with van der Waals surface area (Å²) in [5, 5.41) is 0. The fourth-order valence-electron chi connectivity index (χ4n) is 3.34. The standard InChI is InChI=1S/C25H26O4S/c1-24(2,3)16-15-17-7-9-18(10-8-17)21-22(25(4,5)29-23(21)26)19-11-13-20(14-12-19)30(6,27)28/h7-14H,1-6H3. The molecule has 0 bridgehead atoms. The van der Waals surface area contributed by atoms with Gasteiger partial charge in [0, 0.05) is 22.8 Å². The number of cyclic esters (lactones) is 1. The maximum Gasteiger partial charge on any atom is 0.340 e. The van der Waals surface area contributed by atoms with Crippen LogP contribution in [0, 0.1) is 17.3 Å². The lowest BCUT2D eigenvalue weighted by Crippen LogP contribution is -2.22. The van der Waals surface area contributed by atoms with Crippen LogP contribution in [0.2, 0.25) is 0 Å². The van der Waals surface area contributed by atoms with Gasteiger partial charge in [-0.1, -0.05) is 36.1 Å². The topological polar surface area (TPSA) is 60.4 Å². The second kappa shape index (κ2) is 7.45. The monoisotopic (exact) mass is 422 g/mol. The summed E-state index contributed by atoms with van der Waals surface area (Å²) in [6.45, 7) is 9.83. The summed E-state index contributed by atoms with van der Waals surface area (Å²) in [6, 6.07) is 14.1. The molecule has 1 heterocycles. The molecule has 4 nitrogen and oxygen atoms in total. The fourth-order valence-corrected chi connectivity index (χ4v) is 3.97. The Hall–Kier alpha value is -2.84. The Morgan fingerprint density at radius 1 is 0.900 bits per heavy atom. The molecule has 3 rings (SSSR count). The number of sulfone groups is 1. The maximum absolute atomic E-state index is 12.7. The van der Waals surface area contributed by atoms with Gasteiger partial charge >= 0.3 is 5.97 Å². The van der Waals surface area contributed by atoms with Crippen LogP contribution in [0.4, 0.5) is 0 Å². The predicted octanol–water partition coefficient (Wildman–Crippen LogP) is 4.73. The van der Waals surface area contributed by atoms with Crippen LogP contribution in [0.25, 0.3) is 11.1 Å². The zero-order valence-corrected chi connectivity index (χ0v) is 19.0. The van der Waals surface area contributed by atoms with Crippen LogP contribution < -0.4 is 0 Å². The minimum Gasteiger partial charge on any atom is -0.451 e. The lowest BCUT2D eigenvalue weighted by molar-refractivity contribution is -0.141. The van der Waals surface area contributed by atoms with Gasteiger partial charge in [0.25, 0.3) is 0 Å². The van der Waals surface area contributed by atoms with Crippen LogP contribution in [0.1, 0.15) is 51.3 Å². The van der Waals surface area contributed by atoms with Crippen LogP contribution in [-0.4, -0.2) is 26.2 Å². The van der Waals surface area contributed by atoms with Crippen molar-refractivity contribution in [3.63, 3.8) is 0 Å². The second-order valence-corrected chi connectivity index (χ2v) is 11.0. The molecule has 0 aromatic heterocycles. The molecule has 0 fully saturated rings. The Morgan fingerprint density at radius 3 is 1.93 bits per heavy atom. The summed E-state index contributed by atoms with van der Waals surface area (Å²) >= 11 is 0. The summed E-state index contributed by atoms with van der Waals surface area (Å²) in [4.78, 5) is 13.0. The summed E-state index contributed by atoms with van der Waals surface area (Å²) in [5.74, 6) is 5.96. The summed E-state index contributed by atoms with van der Waals surface area (Å²) in [5.41, 5.74) is 2.68. The molecule has 0 radical (unpaired) electrons. The van der Waals surface area contributed by atoms with Crippen molar-refractivity contribution in [1.82, 2.24) is 0 Å². The molecule has 0 atom stereocenters. The van der Waals surface area contributed by atoms with Crippen LogP contribution in [0.15, 0.2) is 53.4 Å². The van der Waals surface area contributed by atoms with Crippen molar-refractivity contribution in [2.24, 2.45) is 5.41 Å². The molecule has 0 unspecified atom stereocenters. The highest BCUT2D eigenvalue weighted by atomic mass is 32.2. The third-order valence-electron chi connectivity index (χ3n) is 4.73. The van der Waals surface area contributed by atoms with E-state index in [-0.39, 0.29) is 10.3 Å². The van der Waals surface area contributed by atoms with Gasteiger partial charge < -0.3 is 4.74 Å². The largest absolute Gasteiger partial charge is 0.451 e. The zero-order chi connectivity index (χ0) is 22.3. The van der Waals surface area contributed by atoms with Crippen LogP contribution in [-0.2, 0) is 19.4 Å². The first-order valence-corrected chi connectivity index (χ1v) is 11.6. The Morgan fingerprint density at radius 2 is 1.43 bits per heavy atom. The number of carbonyl (C=O) groups is 1. The average molecular weight is 423 g/mol. The van der Waals surface area contributed by atoms with Crippen molar-refractivity contribution in [3.05, 3.63) is 65.2 Å². The number of hydrogen-bond donors (Lipinski definition) is 0. The Kier molecular flexibility index (Phi) is 5.43. The molecule has 0 aliphatic carbocycles. The summed E-state index contributed by atoms with van der Waals surface area (Å²) < 4.78 is 29.2. The lowest BCUT2D eigenvalue weighted by Gasteiger charge is -2.21. The van der Waals surface area contributed by atoms with E-state index < -0.39 is 21.4 Å². The molecule has 30 heavy (non-hydrogen) atoms. The SMILES string of the molecule is CC(C)(C)C#Cc1ccc(C2=C(c3ccc(S(C)(=O)=O)cc3)C(C)(C)OC2=O)cc1. The molecule has 0 N–H and O–H groups in total. The second-order valence-electron chi connectivity index (χ2n) is 9.02. The van der Waals surface area contributed by atoms with Gasteiger partial charge in [-0.25, -0.2) is 13.2 Å². The Balaban J connectivity index is 2.09. The van der Waals surface area contributed by atoms with E-state index in [1.165, 1.54) is 6.26 Å². The van der Waals surface area contributed by atoms with E-state index in [2.05, 4.69) is 32.6 Å². The molecule has 2 aromatic rings. The van der Waals surface area contributed by atoms with Gasteiger partial charge in [0.15, 0.2) is 9.84 Å². The lowest BCUT2D eigenvalue weighted by atomic mass is 9.87. The third kappa shape index (κ3) is 4.66. The number of esters is 1. The molecule has 1 aliphatic heterocycles. The highest BCUT2D eigenvalue weighted by Gasteiger charge is 2.41. The van der Waals surface area contributed by atoms with E-state index in [0.717, 1.165) is 22.3 Å².